The van der Waals surface area contributed by atoms with Crippen LogP contribution < -0.4 is 10.9 Å². The van der Waals surface area contributed by atoms with E-state index in [4.69, 9.17) is 4.52 Å². The number of carbonyl (C=O) groups is 2. The minimum Gasteiger partial charge on any atom is -0.361 e. The Morgan fingerprint density at radius 2 is 1.89 bits per heavy atom. The molecule has 0 spiro atoms. The molecule has 0 unspecified atom stereocenters. The van der Waals surface area contributed by atoms with E-state index in [1.165, 1.54) is 38.4 Å². The standard InChI is InChI=1S/C17H22N4O5S/c1-11-15(12(2)26-20-11)8-9-16(22)18-19-17(23)13-6-5-7-14(10-13)27(24,25)21(3)4/h5-7,10H,8-9H2,1-4H3,(H,18,22)(H,19,23). The molecular formula is C17H22N4O5S. The molecule has 2 aromatic rings. The number of hydrogen-bond acceptors (Lipinski definition) is 6. The highest BCUT2D eigenvalue weighted by molar-refractivity contribution is 7.89. The smallest absolute Gasteiger partial charge is 0.269 e. The number of benzene rings is 1. The van der Waals surface area contributed by atoms with E-state index >= 15 is 0 Å². The molecule has 0 saturated carbocycles. The van der Waals surface area contributed by atoms with Crippen LogP contribution in [0.1, 0.15) is 33.8 Å². The Bertz CT molecular complexity index is 930. The Balaban J connectivity index is 1.95. The molecule has 0 radical (unpaired) electrons. The molecule has 2 rings (SSSR count). The van der Waals surface area contributed by atoms with E-state index in [0.29, 0.717) is 12.2 Å². The molecule has 2 N–H and O–H groups in total. The highest BCUT2D eigenvalue weighted by Crippen LogP contribution is 2.15. The number of rotatable bonds is 6. The number of hydrogen-bond donors (Lipinski definition) is 2. The average molecular weight is 394 g/mol. The van der Waals surface area contributed by atoms with Crippen LogP contribution in [-0.2, 0) is 21.2 Å². The second kappa shape index (κ2) is 8.31. The van der Waals surface area contributed by atoms with E-state index in [2.05, 4.69) is 16.0 Å². The van der Waals surface area contributed by atoms with Crippen molar-refractivity contribution in [1.29, 1.82) is 0 Å². The number of nitrogens with zero attached hydrogens (tertiary/aromatic N) is 2. The van der Waals surface area contributed by atoms with Crippen molar-refractivity contribution in [2.45, 2.75) is 31.6 Å². The number of aryl methyl sites for hydroxylation is 2. The summed E-state index contributed by atoms with van der Waals surface area (Å²) in [6.07, 6.45) is 0.567. The first kappa shape index (κ1) is 20.6. The third kappa shape index (κ3) is 4.92. The zero-order valence-corrected chi connectivity index (χ0v) is 16.4. The predicted octanol–water partition coefficient (Wildman–Crippen LogP) is 0.936. The SMILES string of the molecule is Cc1noc(C)c1CCC(=O)NNC(=O)c1cccc(S(=O)(=O)N(C)C)c1. The first-order valence-electron chi connectivity index (χ1n) is 8.16. The van der Waals surface area contributed by atoms with Gasteiger partial charge in [-0.05, 0) is 38.5 Å². The fourth-order valence-electron chi connectivity index (χ4n) is 2.37. The maximum atomic E-state index is 12.2. The minimum atomic E-state index is -3.65. The monoisotopic (exact) mass is 394 g/mol. The third-order valence-electron chi connectivity index (χ3n) is 3.97. The summed E-state index contributed by atoms with van der Waals surface area (Å²) in [6.45, 7) is 3.56. The molecule has 0 atom stereocenters. The number of hydrazine groups is 1. The maximum Gasteiger partial charge on any atom is 0.269 e. The van der Waals surface area contributed by atoms with E-state index < -0.39 is 15.9 Å². The fourth-order valence-corrected chi connectivity index (χ4v) is 3.32. The van der Waals surface area contributed by atoms with Gasteiger partial charge in [0.15, 0.2) is 0 Å². The van der Waals surface area contributed by atoms with Gasteiger partial charge in [-0.15, -0.1) is 0 Å². The Labute approximate surface area is 157 Å². The van der Waals surface area contributed by atoms with Crippen LogP contribution in [0.4, 0.5) is 0 Å². The van der Waals surface area contributed by atoms with Crippen molar-refractivity contribution in [1.82, 2.24) is 20.3 Å². The summed E-state index contributed by atoms with van der Waals surface area (Å²) >= 11 is 0. The van der Waals surface area contributed by atoms with Gasteiger partial charge in [-0.1, -0.05) is 11.2 Å². The van der Waals surface area contributed by atoms with Gasteiger partial charge in [0, 0.05) is 31.6 Å². The van der Waals surface area contributed by atoms with E-state index in [9.17, 15) is 18.0 Å². The van der Waals surface area contributed by atoms with Crippen molar-refractivity contribution in [2.75, 3.05) is 14.1 Å². The van der Waals surface area contributed by atoms with Gasteiger partial charge < -0.3 is 4.52 Å². The summed E-state index contributed by atoms with van der Waals surface area (Å²) < 4.78 is 30.4. The van der Waals surface area contributed by atoms with Crippen molar-refractivity contribution in [3.05, 3.63) is 46.8 Å². The number of carbonyl (C=O) groups excluding carboxylic acids is 2. The van der Waals surface area contributed by atoms with E-state index in [0.717, 1.165) is 15.6 Å². The van der Waals surface area contributed by atoms with Crippen molar-refractivity contribution in [3.8, 4) is 0 Å². The van der Waals surface area contributed by atoms with E-state index in [1.807, 2.05) is 0 Å². The summed E-state index contributed by atoms with van der Waals surface area (Å²) in [7, 11) is -0.847. The zero-order valence-electron chi connectivity index (χ0n) is 15.6. The fraction of sp³-hybridized carbons (Fsp3) is 0.353. The van der Waals surface area contributed by atoms with Crippen LogP contribution in [0.15, 0.2) is 33.7 Å². The van der Waals surface area contributed by atoms with Gasteiger partial charge in [-0.3, -0.25) is 20.4 Å². The van der Waals surface area contributed by atoms with Gasteiger partial charge in [-0.2, -0.15) is 0 Å². The highest BCUT2D eigenvalue weighted by atomic mass is 32.2. The lowest BCUT2D eigenvalue weighted by molar-refractivity contribution is -0.121. The number of sulfonamides is 1. The second-order valence-corrected chi connectivity index (χ2v) is 8.27. The summed E-state index contributed by atoms with van der Waals surface area (Å²) in [5.74, 6) is -0.347. The Morgan fingerprint density at radius 3 is 2.48 bits per heavy atom. The van der Waals surface area contributed by atoms with E-state index in [1.54, 1.807) is 13.8 Å². The van der Waals surface area contributed by atoms with Gasteiger partial charge in [0.05, 0.1) is 10.6 Å². The van der Waals surface area contributed by atoms with Crippen LogP contribution >= 0.6 is 0 Å². The molecule has 9 nitrogen and oxygen atoms in total. The lowest BCUT2D eigenvalue weighted by Gasteiger charge is -2.12. The molecule has 0 fully saturated rings. The van der Waals surface area contributed by atoms with Gasteiger partial charge >= 0.3 is 0 Å². The topological polar surface area (TPSA) is 122 Å². The lowest BCUT2D eigenvalue weighted by atomic mass is 10.1. The summed E-state index contributed by atoms with van der Waals surface area (Å²) in [4.78, 5) is 24.1. The molecule has 146 valence electrons. The lowest BCUT2D eigenvalue weighted by Crippen LogP contribution is -2.41. The number of aromatic nitrogens is 1. The molecular weight excluding hydrogens is 372 g/mol. The summed E-state index contributed by atoms with van der Waals surface area (Å²) in [5.41, 5.74) is 6.29. The van der Waals surface area contributed by atoms with Crippen LogP contribution in [0.25, 0.3) is 0 Å². The Morgan fingerprint density at radius 1 is 1.19 bits per heavy atom. The molecule has 1 aromatic heterocycles. The van der Waals surface area contributed by atoms with Crippen molar-refractivity contribution < 1.29 is 22.5 Å². The van der Waals surface area contributed by atoms with Crippen LogP contribution in [-0.4, -0.2) is 43.8 Å². The first-order chi connectivity index (χ1) is 12.6. The van der Waals surface area contributed by atoms with Crippen molar-refractivity contribution in [2.24, 2.45) is 0 Å². The molecule has 1 aromatic carbocycles. The van der Waals surface area contributed by atoms with E-state index in [-0.39, 0.29) is 22.8 Å². The van der Waals surface area contributed by atoms with Gasteiger partial charge in [0.2, 0.25) is 15.9 Å². The minimum absolute atomic E-state index is 0.00937. The zero-order chi connectivity index (χ0) is 20.2. The van der Waals surface area contributed by atoms with Crippen LogP contribution in [0.5, 0.6) is 0 Å². The quantitative estimate of drug-likeness (QED) is 0.703. The van der Waals surface area contributed by atoms with Crippen molar-refractivity contribution in [3.63, 3.8) is 0 Å². The van der Waals surface area contributed by atoms with Gasteiger partial charge in [0.25, 0.3) is 5.91 Å². The molecule has 1 heterocycles. The predicted molar refractivity (Wildman–Crippen MR) is 97.2 cm³/mol. The second-order valence-electron chi connectivity index (χ2n) is 6.12. The molecule has 0 aliphatic rings. The van der Waals surface area contributed by atoms with Crippen LogP contribution in [0, 0.1) is 13.8 Å². The molecule has 0 saturated heterocycles. The van der Waals surface area contributed by atoms with Crippen molar-refractivity contribution >= 4 is 21.8 Å². The summed E-state index contributed by atoms with van der Waals surface area (Å²) in [6, 6.07) is 5.57. The summed E-state index contributed by atoms with van der Waals surface area (Å²) in [5, 5.41) is 3.82. The molecule has 2 amide bonds. The molecule has 0 aliphatic heterocycles. The van der Waals surface area contributed by atoms with Crippen LogP contribution in [0.2, 0.25) is 0 Å². The molecule has 0 bridgehead atoms. The third-order valence-corrected chi connectivity index (χ3v) is 5.78. The average Bonchev–Trinajstić information content (AvgIpc) is 2.95. The molecule has 0 aliphatic carbocycles. The van der Waals surface area contributed by atoms with Gasteiger partial charge in [-0.25, -0.2) is 12.7 Å². The number of nitrogens with one attached hydrogen (secondary N) is 2. The largest absolute Gasteiger partial charge is 0.361 e. The Kier molecular flexibility index (Phi) is 6.34. The molecule has 10 heteroatoms. The normalized spacial score (nSPS) is 11.4. The molecule has 27 heavy (non-hydrogen) atoms. The van der Waals surface area contributed by atoms with Crippen LogP contribution in [0.3, 0.4) is 0 Å². The first-order valence-corrected chi connectivity index (χ1v) is 9.60. The van der Waals surface area contributed by atoms with Gasteiger partial charge in [0.1, 0.15) is 5.76 Å². The number of amides is 2. The Hall–Kier alpha value is -2.72. The highest BCUT2D eigenvalue weighted by Gasteiger charge is 2.19. The maximum absolute atomic E-state index is 12.2.